The van der Waals surface area contributed by atoms with Gasteiger partial charge in [-0.3, -0.25) is 4.98 Å². The normalized spacial score (nSPS) is 16.2. The summed E-state index contributed by atoms with van der Waals surface area (Å²) in [5, 5.41) is 0. The molecular weight excluding hydrogens is 300 g/mol. The molecule has 118 valence electrons. The van der Waals surface area contributed by atoms with Gasteiger partial charge < -0.3 is 15.2 Å². The summed E-state index contributed by atoms with van der Waals surface area (Å²) in [7, 11) is 1.67. The second-order valence-corrected chi connectivity index (χ2v) is 5.40. The van der Waals surface area contributed by atoms with Gasteiger partial charge in [-0.15, -0.1) is 12.4 Å². The molecule has 4 nitrogen and oxygen atoms in total. The van der Waals surface area contributed by atoms with Crippen LogP contribution < -0.4 is 15.2 Å². The summed E-state index contributed by atoms with van der Waals surface area (Å²) >= 11 is 0. The SMILES string of the molecule is COc1cccc2c1OCC(Cc1ccc(CN)cn1)C2.Cl. The van der Waals surface area contributed by atoms with E-state index in [0.717, 1.165) is 35.6 Å². The van der Waals surface area contributed by atoms with Gasteiger partial charge in [0.1, 0.15) is 0 Å². The van der Waals surface area contributed by atoms with E-state index < -0.39 is 0 Å². The highest BCUT2D eigenvalue weighted by Gasteiger charge is 2.23. The average Bonchev–Trinajstić information content (AvgIpc) is 2.54. The van der Waals surface area contributed by atoms with Crippen LogP contribution in [0.5, 0.6) is 11.5 Å². The molecule has 0 saturated carbocycles. The minimum absolute atomic E-state index is 0. The second kappa shape index (κ2) is 7.47. The number of nitrogens with two attached hydrogens (primary N) is 1. The molecule has 1 aliphatic rings. The summed E-state index contributed by atoms with van der Waals surface area (Å²) < 4.78 is 11.2. The molecule has 2 aromatic rings. The van der Waals surface area contributed by atoms with Gasteiger partial charge in [0.15, 0.2) is 11.5 Å². The zero-order valence-corrected chi connectivity index (χ0v) is 13.4. The van der Waals surface area contributed by atoms with Crippen LogP contribution in [0.4, 0.5) is 0 Å². The number of hydrogen-bond donors (Lipinski definition) is 1. The van der Waals surface area contributed by atoms with Crippen LogP contribution in [0.15, 0.2) is 36.5 Å². The maximum absolute atomic E-state index is 5.90. The molecule has 0 saturated heterocycles. The fourth-order valence-corrected chi connectivity index (χ4v) is 2.74. The van der Waals surface area contributed by atoms with Gasteiger partial charge in [0.2, 0.25) is 0 Å². The van der Waals surface area contributed by atoms with E-state index in [1.54, 1.807) is 7.11 Å². The van der Waals surface area contributed by atoms with Crippen molar-refractivity contribution in [3.05, 3.63) is 53.3 Å². The van der Waals surface area contributed by atoms with Crippen LogP contribution in [0.1, 0.15) is 16.8 Å². The van der Waals surface area contributed by atoms with E-state index >= 15 is 0 Å². The van der Waals surface area contributed by atoms with Crippen LogP contribution in [-0.4, -0.2) is 18.7 Å². The molecule has 22 heavy (non-hydrogen) atoms. The third kappa shape index (κ3) is 3.51. The number of para-hydroxylation sites is 1. The third-order valence-electron chi connectivity index (χ3n) is 3.87. The van der Waals surface area contributed by atoms with Crippen LogP contribution in [-0.2, 0) is 19.4 Å². The lowest BCUT2D eigenvalue weighted by molar-refractivity contribution is 0.210. The lowest BCUT2D eigenvalue weighted by Gasteiger charge is -2.26. The highest BCUT2D eigenvalue weighted by Crippen LogP contribution is 2.36. The van der Waals surface area contributed by atoms with E-state index in [4.69, 9.17) is 15.2 Å². The summed E-state index contributed by atoms with van der Waals surface area (Å²) in [6.07, 6.45) is 3.77. The van der Waals surface area contributed by atoms with Crippen molar-refractivity contribution in [3.8, 4) is 11.5 Å². The number of benzene rings is 1. The van der Waals surface area contributed by atoms with Crippen LogP contribution in [0, 0.1) is 5.92 Å². The van der Waals surface area contributed by atoms with E-state index in [1.807, 2.05) is 24.4 Å². The summed E-state index contributed by atoms with van der Waals surface area (Å²) in [5.74, 6) is 2.15. The molecule has 5 heteroatoms. The highest BCUT2D eigenvalue weighted by atomic mass is 35.5. The Morgan fingerprint density at radius 2 is 2.18 bits per heavy atom. The van der Waals surface area contributed by atoms with Crippen molar-refractivity contribution in [2.45, 2.75) is 19.4 Å². The monoisotopic (exact) mass is 320 g/mol. The Morgan fingerprint density at radius 3 is 2.86 bits per heavy atom. The summed E-state index contributed by atoms with van der Waals surface area (Å²) in [4.78, 5) is 4.47. The van der Waals surface area contributed by atoms with E-state index in [1.165, 1.54) is 5.56 Å². The molecule has 1 unspecified atom stereocenters. The van der Waals surface area contributed by atoms with Gasteiger partial charge in [-0.2, -0.15) is 0 Å². The number of ether oxygens (including phenoxy) is 2. The number of aromatic nitrogens is 1. The smallest absolute Gasteiger partial charge is 0.164 e. The zero-order chi connectivity index (χ0) is 14.7. The van der Waals surface area contributed by atoms with Gasteiger partial charge in [0.25, 0.3) is 0 Å². The molecule has 1 aliphatic heterocycles. The maximum Gasteiger partial charge on any atom is 0.164 e. The van der Waals surface area contributed by atoms with Crippen molar-refractivity contribution in [2.24, 2.45) is 11.7 Å². The van der Waals surface area contributed by atoms with Gasteiger partial charge in [-0.05, 0) is 36.1 Å². The molecule has 0 spiro atoms. The van der Waals surface area contributed by atoms with E-state index in [0.29, 0.717) is 19.1 Å². The van der Waals surface area contributed by atoms with E-state index in [-0.39, 0.29) is 12.4 Å². The number of fused-ring (bicyclic) bond motifs is 1. The standard InChI is InChI=1S/C17H20N2O2.ClH/c1-20-16-4-2-3-14-7-13(11-21-17(14)16)8-15-6-5-12(9-18)10-19-15;/h2-6,10,13H,7-9,11,18H2,1H3;1H. The van der Waals surface area contributed by atoms with Crippen LogP contribution in [0.2, 0.25) is 0 Å². The first-order valence-electron chi connectivity index (χ1n) is 7.22. The van der Waals surface area contributed by atoms with E-state index in [2.05, 4.69) is 17.1 Å². The van der Waals surface area contributed by atoms with Gasteiger partial charge in [-0.1, -0.05) is 18.2 Å². The molecular formula is C17H21ClN2O2. The molecule has 1 aromatic heterocycles. The maximum atomic E-state index is 5.90. The van der Waals surface area contributed by atoms with Gasteiger partial charge in [0, 0.05) is 24.4 Å². The van der Waals surface area contributed by atoms with Gasteiger partial charge >= 0.3 is 0 Å². The number of pyridine rings is 1. The van der Waals surface area contributed by atoms with Gasteiger partial charge in [0.05, 0.1) is 13.7 Å². The summed E-state index contributed by atoms with van der Waals surface area (Å²) in [5.41, 5.74) is 8.96. The van der Waals surface area contributed by atoms with Gasteiger partial charge in [-0.25, -0.2) is 0 Å². The molecule has 0 bridgehead atoms. The molecule has 0 radical (unpaired) electrons. The zero-order valence-electron chi connectivity index (χ0n) is 12.6. The Bertz CT molecular complexity index is 617. The van der Waals surface area contributed by atoms with Crippen LogP contribution in [0.25, 0.3) is 0 Å². The summed E-state index contributed by atoms with van der Waals surface area (Å²) in [6, 6.07) is 10.2. The lowest BCUT2D eigenvalue weighted by atomic mass is 9.92. The third-order valence-corrected chi connectivity index (χ3v) is 3.87. The molecule has 2 N–H and O–H groups in total. The highest BCUT2D eigenvalue weighted by molar-refractivity contribution is 5.85. The first kappa shape index (κ1) is 16.6. The van der Waals surface area contributed by atoms with Crippen LogP contribution in [0.3, 0.4) is 0 Å². The Labute approximate surface area is 137 Å². The minimum atomic E-state index is 0. The van der Waals surface area contributed by atoms with Crippen molar-refractivity contribution in [2.75, 3.05) is 13.7 Å². The summed E-state index contributed by atoms with van der Waals surface area (Å²) in [6.45, 7) is 1.24. The Morgan fingerprint density at radius 1 is 1.32 bits per heavy atom. The first-order chi connectivity index (χ1) is 10.3. The predicted molar refractivity (Wildman–Crippen MR) is 88.8 cm³/mol. The second-order valence-electron chi connectivity index (χ2n) is 5.40. The molecule has 0 amide bonds. The fraction of sp³-hybridized carbons (Fsp3) is 0.353. The number of methoxy groups -OCH3 is 1. The number of hydrogen-bond acceptors (Lipinski definition) is 4. The molecule has 3 rings (SSSR count). The Balaban J connectivity index is 0.00000176. The molecule has 1 aromatic carbocycles. The molecule has 1 atom stereocenters. The van der Waals surface area contributed by atoms with E-state index in [9.17, 15) is 0 Å². The molecule has 0 aliphatic carbocycles. The minimum Gasteiger partial charge on any atom is -0.493 e. The topological polar surface area (TPSA) is 57.4 Å². The van der Waals surface area contributed by atoms with Crippen molar-refractivity contribution >= 4 is 12.4 Å². The Kier molecular flexibility index (Phi) is 5.63. The first-order valence-corrected chi connectivity index (χ1v) is 7.22. The number of nitrogens with zero attached hydrogens (tertiary/aromatic N) is 1. The quantitative estimate of drug-likeness (QED) is 0.941. The average molecular weight is 321 g/mol. The number of rotatable bonds is 4. The number of halogens is 1. The van der Waals surface area contributed by atoms with Crippen molar-refractivity contribution in [1.29, 1.82) is 0 Å². The van der Waals surface area contributed by atoms with Crippen molar-refractivity contribution in [3.63, 3.8) is 0 Å². The lowest BCUT2D eigenvalue weighted by Crippen LogP contribution is -2.23. The van der Waals surface area contributed by atoms with Crippen molar-refractivity contribution < 1.29 is 9.47 Å². The predicted octanol–water partition coefficient (Wildman–Crippen LogP) is 2.76. The van der Waals surface area contributed by atoms with Crippen molar-refractivity contribution in [1.82, 2.24) is 4.98 Å². The Hall–Kier alpha value is -1.78. The molecule has 2 heterocycles. The van der Waals surface area contributed by atoms with Crippen LogP contribution >= 0.6 is 12.4 Å². The largest absolute Gasteiger partial charge is 0.493 e. The fourth-order valence-electron chi connectivity index (χ4n) is 2.74. The molecule has 0 fully saturated rings.